The van der Waals surface area contributed by atoms with Crippen molar-refractivity contribution < 1.29 is 14.3 Å². The van der Waals surface area contributed by atoms with Crippen molar-refractivity contribution in [1.29, 1.82) is 0 Å². The Morgan fingerprint density at radius 1 is 0.800 bits per heavy atom. The highest BCUT2D eigenvalue weighted by molar-refractivity contribution is 6.11. The van der Waals surface area contributed by atoms with Crippen LogP contribution in [0.4, 0.5) is 11.4 Å². The Morgan fingerprint density at radius 3 is 1.86 bits per heavy atom. The lowest BCUT2D eigenvalue weighted by Gasteiger charge is -2.26. The zero-order valence-corrected chi connectivity index (χ0v) is 21.2. The van der Waals surface area contributed by atoms with E-state index in [1.165, 1.54) is 5.56 Å². The largest absolute Gasteiger partial charge is 0.494 e. The summed E-state index contributed by atoms with van der Waals surface area (Å²) in [5.74, 6) is 1.51. The molecular weight excluding hydrogens is 436 g/mol. The van der Waals surface area contributed by atoms with E-state index in [0.29, 0.717) is 18.9 Å². The number of hydrogen-bond acceptors (Lipinski definition) is 4. The highest BCUT2D eigenvalue weighted by atomic mass is 16.5. The zero-order chi connectivity index (χ0) is 25.0. The molecule has 0 fully saturated rings. The number of nitrogens with zero attached hydrogens (tertiary/aromatic N) is 1. The van der Waals surface area contributed by atoms with Gasteiger partial charge in [-0.2, -0.15) is 0 Å². The fourth-order valence-corrected chi connectivity index (χ4v) is 4.18. The molecule has 5 heteroatoms. The van der Waals surface area contributed by atoms with Crippen molar-refractivity contribution in [3.05, 3.63) is 95.7 Å². The number of carbonyl (C=O) groups is 1. The Labute approximate surface area is 208 Å². The number of carbonyl (C=O) groups excluding carboxylic acids is 1. The van der Waals surface area contributed by atoms with Gasteiger partial charge in [0.05, 0.1) is 19.3 Å². The molecule has 0 unspecified atom stereocenters. The molecule has 35 heavy (non-hydrogen) atoms. The molecule has 3 aromatic carbocycles. The quantitative estimate of drug-likeness (QED) is 0.390. The van der Waals surface area contributed by atoms with Crippen molar-refractivity contribution in [2.75, 3.05) is 23.4 Å². The average molecular weight is 471 g/mol. The number of hydrogen-bond donors (Lipinski definition) is 1. The Kier molecular flexibility index (Phi) is 7.15. The van der Waals surface area contributed by atoms with Gasteiger partial charge in [-0.3, -0.25) is 9.69 Å². The minimum atomic E-state index is -0.223. The van der Waals surface area contributed by atoms with Crippen LogP contribution in [0, 0.1) is 0 Å². The Bertz CT molecular complexity index is 1170. The molecule has 5 nitrogen and oxygen atoms in total. The molecule has 0 saturated heterocycles. The van der Waals surface area contributed by atoms with Crippen LogP contribution in [0.5, 0.6) is 11.5 Å². The van der Waals surface area contributed by atoms with Crippen LogP contribution in [0.3, 0.4) is 0 Å². The van der Waals surface area contributed by atoms with E-state index < -0.39 is 0 Å². The number of anilines is 2. The zero-order valence-electron chi connectivity index (χ0n) is 21.2. The van der Waals surface area contributed by atoms with E-state index in [1.54, 1.807) is 0 Å². The highest BCUT2D eigenvalue weighted by Gasteiger charge is 2.35. The lowest BCUT2D eigenvalue weighted by molar-refractivity contribution is -0.114. The molecule has 0 saturated carbocycles. The molecule has 1 amide bonds. The number of ether oxygens (including phenoxy) is 2. The van der Waals surface area contributed by atoms with Gasteiger partial charge in [-0.15, -0.1) is 0 Å². The molecule has 0 aromatic heterocycles. The third kappa shape index (κ3) is 5.51. The van der Waals surface area contributed by atoms with Crippen molar-refractivity contribution in [3.8, 4) is 11.5 Å². The van der Waals surface area contributed by atoms with E-state index in [0.717, 1.165) is 28.4 Å². The summed E-state index contributed by atoms with van der Waals surface area (Å²) < 4.78 is 11.1. The molecule has 0 radical (unpaired) electrons. The van der Waals surface area contributed by atoms with Crippen LogP contribution in [0.25, 0.3) is 0 Å². The predicted octanol–water partition coefficient (Wildman–Crippen LogP) is 6.87. The molecule has 1 aliphatic rings. The smallest absolute Gasteiger partial charge is 0.275 e. The summed E-state index contributed by atoms with van der Waals surface area (Å²) in [6, 6.07) is 23.7. The third-order valence-electron chi connectivity index (χ3n) is 6.04. The summed E-state index contributed by atoms with van der Waals surface area (Å²) in [5, 5.41) is 3.32. The number of amides is 1. The summed E-state index contributed by atoms with van der Waals surface area (Å²) in [6.45, 7) is 11.7. The van der Waals surface area contributed by atoms with E-state index in [9.17, 15) is 4.79 Å². The Morgan fingerprint density at radius 2 is 1.34 bits per heavy atom. The predicted molar refractivity (Wildman–Crippen MR) is 142 cm³/mol. The molecule has 1 heterocycles. The molecule has 182 valence electrons. The Hall–Kier alpha value is -3.73. The first kappa shape index (κ1) is 24.4. The van der Waals surface area contributed by atoms with Crippen LogP contribution in [-0.4, -0.2) is 19.1 Å². The van der Waals surface area contributed by atoms with Crippen molar-refractivity contribution in [3.63, 3.8) is 0 Å². The minimum absolute atomic E-state index is 0.0645. The van der Waals surface area contributed by atoms with E-state index in [4.69, 9.17) is 9.47 Å². The van der Waals surface area contributed by atoms with E-state index in [2.05, 4.69) is 50.4 Å². The van der Waals surface area contributed by atoms with E-state index in [1.807, 2.05) is 73.4 Å². The Balaban J connectivity index is 1.66. The van der Waals surface area contributed by atoms with Gasteiger partial charge >= 0.3 is 0 Å². The van der Waals surface area contributed by atoms with Crippen molar-refractivity contribution in [2.45, 2.75) is 46.1 Å². The standard InChI is InChI=1S/C30H34N2O3/c1-6-34-25-16-12-23(13-17-25)31-27-20-28(21-8-10-22(11-9-21)30(3,4)5)32(29(27)33)24-14-18-26(19-15-24)35-7-2/h8-20,28,31H,6-7H2,1-5H3/t28-/m1/s1. The van der Waals surface area contributed by atoms with Gasteiger partial charge in [0.1, 0.15) is 17.2 Å². The maximum atomic E-state index is 13.6. The normalized spacial score (nSPS) is 15.7. The first-order valence-electron chi connectivity index (χ1n) is 12.2. The first-order valence-corrected chi connectivity index (χ1v) is 12.2. The van der Waals surface area contributed by atoms with Crippen LogP contribution in [-0.2, 0) is 10.2 Å². The summed E-state index contributed by atoms with van der Waals surface area (Å²) in [4.78, 5) is 15.5. The molecule has 1 atom stereocenters. The highest BCUT2D eigenvalue weighted by Crippen LogP contribution is 2.37. The van der Waals surface area contributed by atoms with E-state index in [-0.39, 0.29) is 17.4 Å². The SMILES string of the molecule is CCOc1ccc(NC2=C[C@H](c3ccc(C(C)(C)C)cc3)N(c3ccc(OCC)cc3)C2=O)cc1. The monoisotopic (exact) mass is 470 g/mol. The molecule has 4 rings (SSSR count). The summed E-state index contributed by atoms with van der Waals surface area (Å²) in [5.41, 5.74) is 4.59. The van der Waals surface area contributed by atoms with Crippen LogP contribution >= 0.6 is 0 Å². The van der Waals surface area contributed by atoms with Crippen LogP contribution in [0.2, 0.25) is 0 Å². The van der Waals surface area contributed by atoms with Gasteiger partial charge in [0.2, 0.25) is 0 Å². The lowest BCUT2D eigenvalue weighted by Crippen LogP contribution is -2.30. The average Bonchev–Trinajstić information content (AvgIpc) is 3.16. The second kappa shape index (κ2) is 10.3. The topological polar surface area (TPSA) is 50.8 Å². The van der Waals surface area contributed by atoms with E-state index >= 15 is 0 Å². The summed E-state index contributed by atoms with van der Waals surface area (Å²) >= 11 is 0. The molecular formula is C30H34N2O3. The fraction of sp³-hybridized carbons (Fsp3) is 0.300. The van der Waals surface area contributed by atoms with Gasteiger partial charge in [0.15, 0.2) is 0 Å². The second-order valence-corrected chi connectivity index (χ2v) is 9.58. The van der Waals surface area contributed by atoms with Gasteiger partial charge in [-0.1, -0.05) is 45.0 Å². The maximum Gasteiger partial charge on any atom is 0.275 e. The minimum Gasteiger partial charge on any atom is -0.494 e. The van der Waals surface area contributed by atoms with Crippen molar-refractivity contribution >= 4 is 17.3 Å². The van der Waals surface area contributed by atoms with Crippen molar-refractivity contribution in [1.82, 2.24) is 0 Å². The van der Waals surface area contributed by atoms with Gasteiger partial charge in [-0.25, -0.2) is 0 Å². The fourth-order valence-electron chi connectivity index (χ4n) is 4.18. The maximum absolute atomic E-state index is 13.6. The molecule has 1 N–H and O–H groups in total. The second-order valence-electron chi connectivity index (χ2n) is 9.58. The summed E-state index contributed by atoms with van der Waals surface area (Å²) in [6.07, 6.45) is 2.00. The lowest BCUT2D eigenvalue weighted by atomic mass is 9.86. The van der Waals surface area contributed by atoms with Gasteiger partial charge in [0.25, 0.3) is 5.91 Å². The molecule has 0 aliphatic carbocycles. The summed E-state index contributed by atoms with van der Waals surface area (Å²) in [7, 11) is 0. The molecule has 1 aliphatic heterocycles. The number of nitrogens with one attached hydrogen (secondary N) is 1. The number of rotatable bonds is 8. The van der Waals surface area contributed by atoms with Crippen molar-refractivity contribution in [2.24, 2.45) is 0 Å². The van der Waals surface area contributed by atoms with Crippen LogP contribution in [0.15, 0.2) is 84.6 Å². The first-order chi connectivity index (χ1) is 16.8. The van der Waals surface area contributed by atoms with Gasteiger partial charge < -0.3 is 14.8 Å². The molecule has 0 bridgehead atoms. The number of benzene rings is 3. The van der Waals surface area contributed by atoms with Gasteiger partial charge in [-0.05, 0) is 85.0 Å². The van der Waals surface area contributed by atoms with Crippen LogP contribution < -0.4 is 19.7 Å². The third-order valence-corrected chi connectivity index (χ3v) is 6.04. The van der Waals surface area contributed by atoms with Crippen LogP contribution in [0.1, 0.15) is 51.8 Å². The molecule has 3 aromatic rings. The molecule has 0 spiro atoms. The van der Waals surface area contributed by atoms with Gasteiger partial charge in [0, 0.05) is 11.4 Å².